The van der Waals surface area contributed by atoms with E-state index in [2.05, 4.69) is 54.8 Å². The van der Waals surface area contributed by atoms with Crippen molar-refractivity contribution in [1.29, 1.82) is 0 Å². The second-order valence-corrected chi connectivity index (χ2v) is 20.2. The standard InChI is InChI=1S/C48H63N11O10S3/c1-26(60)40-48(69)58-39(47(68)56-37(23-70)41(51)62)25-72-71-24-38(57-42(63)32(50)19-27-9-3-2-4-10-27)46(67)54-35(20-28-14-16-30(61)17-15-28)44(65)55-36(21-29-22-52-33-12-6-5-11-31(29)33)45(66)53-34(43(64)59-40)13-7-8-18-49/h2-6,9-12,14-17,22,26,32,34-40,52,60-61,70H,7-8,13,18-21,23-25,49-50H2,1H3,(H2,51,62)(H,53,66)(H,54,67)(H,55,65)(H,56,68)(H,57,63)(H,58,69)(H,59,64)/t26-,32-,34+,35+,36?,37+,38?,39?,40+/m1/s1. The highest BCUT2D eigenvalue weighted by atomic mass is 33.1. The Morgan fingerprint density at radius 3 is 2.06 bits per heavy atom. The van der Waals surface area contributed by atoms with Crippen LogP contribution in [0.4, 0.5) is 0 Å². The van der Waals surface area contributed by atoms with Crippen LogP contribution in [0.2, 0.25) is 0 Å². The second-order valence-electron chi connectivity index (χ2n) is 17.3. The number of aromatic nitrogens is 1. The molecule has 3 unspecified atom stereocenters. The number of primary amides is 1. The van der Waals surface area contributed by atoms with Gasteiger partial charge in [0.05, 0.1) is 12.1 Å². The summed E-state index contributed by atoms with van der Waals surface area (Å²) in [6.45, 7) is 1.49. The third kappa shape index (κ3) is 16.9. The van der Waals surface area contributed by atoms with Gasteiger partial charge in [0.1, 0.15) is 48.0 Å². The van der Waals surface area contributed by atoms with E-state index in [0.29, 0.717) is 24.0 Å². The molecule has 8 amide bonds. The predicted octanol–water partition coefficient (Wildman–Crippen LogP) is -1.06. The molecule has 5 rings (SSSR count). The van der Waals surface area contributed by atoms with E-state index in [1.165, 1.54) is 19.1 Å². The van der Waals surface area contributed by atoms with Crippen LogP contribution in [-0.4, -0.2) is 141 Å². The molecule has 16 N–H and O–H groups in total. The number of aromatic amines is 1. The number of nitrogens with one attached hydrogen (secondary N) is 8. The lowest BCUT2D eigenvalue weighted by Gasteiger charge is -2.29. The van der Waals surface area contributed by atoms with E-state index in [-0.39, 0.29) is 55.2 Å². The van der Waals surface area contributed by atoms with Gasteiger partial charge in [-0.3, -0.25) is 38.4 Å². The molecule has 21 nitrogen and oxygen atoms in total. The van der Waals surface area contributed by atoms with Crippen LogP contribution in [0.3, 0.4) is 0 Å². The highest BCUT2D eigenvalue weighted by Gasteiger charge is 2.36. The number of amides is 8. The summed E-state index contributed by atoms with van der Waals surface area (Å²) in [5.74, 6) is -7.52. The predicted molar refractivity (Wildman–Crippen MR) is 278 cm³/mol. The number of H-pyrrole nitrogens is 1. The van der Waals surface area contributed by atoms with Gasteiger partial charge in [-0.25, -0.2) is 0 Å². The molecule has 0 aliphatic carbocycles. The fourth-order valence-electron chi connectivity index (χ4n) is 7.62. The summed E-state index contributed by atoms with van der Waals surface area (Å²) in [5.41, 5.74) is 20.2. The van der Waals surface area contributed by atoms with Gasteiger partial charge in [0.2, 0.25) is 47.3 Å². The highest BCUT2D eigenvalue weighted by Crippen LogP contribution is 2.24. The van der Waals surface area contributed by atoms with E-state index in [9.17, 15) is 48.6 Å². The number of aromatic hydroxyl groups is 1. The average Bonchev–Trinajstić information content (AvgIpc) is 3.77. The Morgan fingerprint density at radius 1 is 0.764 bits per heavy atom. The van der Waals surface area contributed by atoms with E-state index in [1.807, 2.05) is 24.3 Å². The molecular weight excluding hydrogens is 987 g/mol. The zero-order valence-electron chi connectivity index (χ0n) is 39.5. The Hall–Kier alpha value is -6.31. The smallest absolute Gasteiger partial charge is 0.245 e. The van der Waals surface area contributed by atoms with E-state index in [0.717, 1.165) is 38.1 Å². The van der Waals surface area contributed by atoms with Gasteiger partial charge < -0.3 is 69.6 Å². The number of hydrogen-bond donors (Lipinski definition) is 14. The lowest BCUT2D eigenvalue weighted by Crippen LogP contribution is -2.62. The number of benzene rings is 3. The minimum atomic E-state index is -1.69. The lowest BCUT2D eigenvalue weighted by atomic mass is 10.0. The van der Waals surface area contributed by atoms with Crippen LogP contribution in [0.25, 0.3) is 10.9 Å². The summed E-state index contributed by atoms with van der Waals surface area (Å²) in [5, 5.41) is 40.2. The van der Waals surface area contributed by atoms with Crippen LogP contribution in [0.15, 0.2) is 85.1 Å². The molecular formula is C48H63N11O10S3. The van der Waals surface area contributed by atoms with Gasteiger partial charge in [-0.15, -0.1) is 0 Å². The molecule has 2 heterocycles. The van der Waals surface area contributed by atoms with Crippen molar-refractivity contribution in [2.45, 2.75) is 99.9 Å². The van der Waals surface area contributed by atoms with Gasteiger partial charge >= 0.3 is 0 Å². The Morgan fingerprint density at radius 2 is 1.39 bits per heavy atom. The molecule has 0 bridgehead atoms. The molecule has 1 aliphatic rings. The molecule has 0 saturated carbocycles. The van der Waals surface area contributed by atoms with Crippen LogP contribution in [0.1, 0.15) is 42.9 Å². The van der Waals surface area contributed by atoms with Gasteiger partial charge in [-0.05, 0) is 74.0 Å². The number of phenols is 1. The molecule has 1 aliphatic heterocycles. The molecule has 9 atom stereocenters. The first-order valence-electron chi connectivity index (χ1n) is 23.3. The normalized spacial score (nSPS) is 22.2. The topological polar surface area (TPSA) is 355 Å². The molecule has 0 radical (unpaired) electrons. The highest BCUT2D eigenvalue weighted by molar-refractivity contribution is 8.76. The Bertz CT molecular complexity index is 2500. The number of para-hydroxylation sites is 1. The Labute approximate surface area is 429 Å². The Kier molecular flexibility index (Phi) is 22.1. The number of aliphatic hydroxyl groups is 1. The number of rotatable bonds is 17. The van der Waals surface area contributed by atoms with Crippen molar-refractivity contribution in [3.05, 3.63) is 102 Å². The Balaban J connectivity index is 1.58. The van der Waals surface area contributed by atoms with Crippen LogP contribution >= 0.6 is 34.2 Å². The third-order valence-electron chi connectivity index (χ3n) is 11.7. The molecule has 1 saturated heterocycles. The number of hydrogen-bond acceptors (Lipinski definition) is 15. The summed E-state index contributed by atoms with van der Waals surface area (Å²) in [6.07, 6.45) is 0.759. The van der Waals surface area contributed by atoms with Gasteiger partial charge in [0.25, 0.3) is 0 Å². The number of carbonyl (C=O) groups excluding carboxylic acids is 8. The van der Waals surface area contributed by atoms with Crippen molar-refractivity contribution < 1.29 is 48.6 Å². The second kappa shape index (κ2) is 28.1. The first-order chi connectivity index (χ1) is 34.5. The van der Waals surface area contributed by atoms with Crippen molar-refractivity contribution in [3.8, 4) is 5.75 Å². The first-order valence-corrected chi connectivity index (χ1v) is 26.4. The van der Waals surface area contributed by atoms with Crippen LogP contribution in [-0.2, 0) is 57.6 Å². The van der Waals surface area contributed by atoms with Crippen molar-refractivity contribution >= 4 is 92.4 Å². The molecule has 1 aromatic heterocycles. The summed E-state index contributed by atoms with van der Waals surface area (Å²) >= 11 is 4.10. The number of unbranched alkanes of at least 4 members (excludes halogenated alkanes) is 1. The molecule has 72 heavy (non-hydrogen) atoms. The fraction of sp³-hybridized carbons (Fsp3) is 0.417. The molecule has 0 spiro atoms. The summed E-state index contributed by atoms with van der Waals surface area (Å²) in [6, 6.07) is 11.1. The largest absolute Gasteiger partial charge is 0.508 e. The molecule has 4 aromatic rings. The fourth-order valence-corrected chi connectivity index (χ4v) is 10.2. The van der Waals surface area contributed by atoms with Gasteiger partial charge in [0.15, 0.2) is 0 Å². The molecule has 24 heteroatoms. The maximum atomic E-state index is 14.7. The SMILES string of the molecule is C[C@@H](O)[C@@H]1NC(=O)[C@H](CCCCN)NC(=O)C(Cc2c[nH]c3ccccc23)NC(=O)[C@H](Cc2ccc(O)cc2)NC(=O)C(NC(=O)[C@H](N)Cc2ccccc2)CSSCC(C(=O)N[C@@H](CS)C(N)=O)NC1=O. The number of carbonyl (C=O) groups is 8. The number of thiol groups is 1. The molecule has 388 valence electrons. The summed E-state index contributed by atoms with van der Waals surface area (Å²) in [7, 11) is 1.99. The quantitative estimate of drug-likeness (QED) is 0.0341. The van der Waals surface area contributed by atoms with Crippen LogP contribution in [0.5, 0.6) is 5.75 Å². The maximum absolute atomic E-state index is 14.7. The minimum Gasteiger partial charge on any atom is -0.508 e. The van der Waals surface area contributed by atoms with E-state index < -0.39 is 102 Å². The van der Waals surface area contributed by atoms with Crippen molar-refractivity contribution in [3.63, 3.8) is 0 Å². The number of aliphatic hydroxyl groups excluding tert-OH is 1. The number of fused-ring (bicyclic) bond motifs is 1. The summed E-state index contributed by atoms with van der Waals surface area (Å²) < 4.78 is 0. The van der Waals surface area contributed by atoms with Crippen LogP contribution in [0, 0.1) is 0 Å². The van der Waals surface area contributed by atoms with Gasteiger partial charge in [-0.2, -0.15) is 12.6 Å². The molecule has 1 fully saturated rings. The molecule has 3 aromatic carbocycles. The van der Waals surface area contributed by atoms with Crippen molar-refractivity contribution in [2.24, 2.45) is 17.2 Å². The number of nitrogens with two attached hydrogens (primary N) is 3. The first kappa shape index (κ1) is 56.6. The average molecular weight is 1050 g/mol. The zero-order valence-corrected chi connectivity index (χ0v) is 42.0. The van der Waals surface area contributed by atoms with E-state index in [1.54, 1.807) is 48.7 Å². The van der Waals surface area contributed by atoms with Crippen molar-refractivity contribution in [1.82, 2.24) is 42.2 Å². The zero-order chi connectivity index (χ0) is 52.3. The summed E-state index contributed by atoms with van der Waals surface area (Å²) in [4.78, 5) is 115. The van der Waals surface area contributed by atoms with Gasteiger partial charge in [0, 0.05) is 47.2 Å². The monoisotopic (exact) mass is 1050 g/mol. The maximum Gasteiger partial charge on any atom is 0.245 e. The lowest BCUT2D eigenvalue weighted by molar-refractivity contribution is -0.136. The van der Waals surface area contributed by atoms with Crippen LogP contribution < -0.4 is 54.4 Å². The third-order valence-corrected chi connectivity index (χ3v) is 14.5. The van der Waals surface area contributed by atoms with Crippen molar-refractivity contribution in [2.75, 3.05) is 23.8 Å². The minimum absolute atomic E-state index is 0.00938. The van der Waals surface area contributed by atoms with Gasteiger partial charge in [-0.1, -0.05) is 82.3 Å². The van der Waals surface area contributed by atoms with E-state index >= 15 is 0 Å². The van der Waals surface area contributed by atoms with E-state index in [4.69, 9.17) is 17.2 Å². The number of phenolic OH excluding ortho intramolecular Hbond substituents is 1.